The average molecular weight is 382 g/mol. The lowest BCUT2D eigenvalue weighted by atomic mass is 9.84. The summed E-state index contributed by atoms with van der Waals surface area (Å²) in [5, 5.41) is 6.23. The number of alkyl halides is 3. The molecule has 0 amide bonds. The minimum absolute atomic E-state index is 0.359. The topological polar surface area (TPSA) is 62.5 Å². The minimum atomic E-state index is -4.36. The Morgan fingerprint density at radius 3 is 2.37 bits per heavy atom. The average Bonchev–Trinajstić information content (AvgIpc) is 2.92. The first kappa shape index (κ1) is 20.8. The molecule has 0 fully saturated rings. The summed E-state index contributed by atoms with van der Waals surface area (Å²) in [4.78, 5) is 8.42. The van der Waals surface area contributed by atoms with Crippen LogP contribution in [0.1, 0.15) is 42.3 Å². The molecule has 2 rings (SSSR count). The van der Waals surface area contributed by atoms with E-state index in [1.54, 1.807) is 13.1 Å². The Balaban J connectivity index is 2.00. The van der Waals surface area contributed by atoms with Gasteiger partial charge in [-0.05, 0) is 25.5 Å². The lowest BCUT2D eigenvalue weighted by Crippen LogP contribution is -2.43. The normalized spacial score (nSPS) is 13.0. The molecule has 0 atom stereocenters. The number of nitrogens with zero attached hydrogens (tertiary/aromatic N) is 2. The summed E-state index contributed by atoms with van der Waals surface area (Å²) in [6.45, 7) is 8.23. The van der Waals surface area contributed by atoms with Crippen LogP contribution in [0.3, 0.4) is 0 Å². The summed E-state index contributed by atoms with van der Waals surface area (Å²) in [6, 6.07) is 5.40. The Morgan fingerprint density at radius 1 is 1.15 bits per heavy atom. The van der Waals surface area contributed by atoms with Gasteiger partial charge in [0.25, 0.3) is 0 Å². The fourth-order valence-electron chi connectivity index (χ4n) is 2.52. The molecule has 5 nitrogen and oxygen atoms in total. The van der Waals surface area contributed by atoms with Crippen LogP contribution in [0, 0.1) is 13.8 Å². The first-order chi connectivity index (χ1) is 12.5. The summed E-state index contributed by atoms with van der Waals surface area (Å²) in [7, 11) is 1.62. The van der Waals surface area contributed by atoms with E-state index in [2.05, 4.69) is 20.6 Å². The molecule has 1 aromatic heterocycles. The van der Waals surface area contributed by atoms with Crippen LogP contribution in [0.2, 0.25) is 0 Å². The van der Waals surface area contributed by atoms with Gasteiger partial charge >= 0.3 is 6.18 Å². The van der Waals surface area contributed by atoms with Gasteiger partial charge in [-0.25, -0.2) is 4.98 Å². The number of aryl methyl sites for hydroxylation is 2. The third-order valence-electron chi connectivity index (χ3n) is 4.37. The van der Waals surface area contributed by atoms with Crippen LogP contribution in [0.15, 0.2) is 33.7 Å². The third-order valence-corrected chi connectivity index (χ3v) is 4.37. The molecule has 0 unspecified atom stereocenters. The van der Waals surface area contributed by atoms with Crippen LogP contribution in [0.25, 0.3) is 0 Å². The Morgan fingerprint density at radius 2 is 1.81 bits per heavy atom. The molecule has 2 aromatic rings. The predicted molar refractivity (Wildman–Crippen MR) is 98.6 cm³/mol. The van der Waals surface area contributed by atoms with Gasteiger partial charge < -0.3 is 15.1 Å². The van der Waals surface area contributed by atoms with Crippen LogP contribution >= 0.6 is 0 Å². The van der Waals surface area contributed by atoms with Gasteiger partial charge in [-0.2, -0.15) is 13.2 Å². The monoisotopic (exact) mass is 382 g/mol. The summed E-state index contributed by atoms with van der Waals surface area (Å²) in [5.74, 6) is 1.83. The summed E-state index contributed by atoms with van der Waals surface area (Å²) >= 11 is 0. The fourth-order valence-corrected chi connectivity index (χ4v) is 2.52. The highest BCUT2D eigenvalue weighted by molar-refractivity contribution is 5.79. The quantitative estimate of drug-likeness (QED) is 0.607. The van der Waals surface area contributed by atoms with Gasteiger partial charge in [0, 0.05) is 19.0 Å². The van der Waals surface area contributed by atoms with Crippen molar-refractivity contribution in [2.75, 3.05) is 13.6 Å². The molecule has 0 aliphatic rings. The van der Waals surface area contributed by atoms with Gasteiger partial charge in [0.15, 0.2) is 5.96 Å². The number of rotatable bonds is 5. The standard InChI is InChI=1S/C19H25F3N4O/c1-12-13(2)27-16(26-12)10-24-17(23-5)25-11-18(3,4)14-7-6-8-15(9-14)19(20,21)22/h6-9H,10-11H2,1-5H3,(H2,23,24,25). The molecule has 0 saturated heterocycles. The van der Waals surface area contributed by atoms with E-state index in [1.165, 1.54) is 12.1 Å². The van der Waals surface area contributed by atoms with Crippen molar-refractivity contribution in [3.8, 4) is 0 Å². The first-order valence-electron chi connectivity index (χ1n) is 8.58. The van der Waals surface area contributed by atoms with Crippen molar-refractivity contribution in [1.29, 1.82) is 0 Å². The molecule has 0 radical (unpaired) electrons. The molecule has 0 spiro atoms. The van der Waals surface area contributed by atoms with E-state index in [1.807, 2.05) is 27.7 Å². The molecule has 0 saturated carbocycles. The zero-order valence-corrected chi connectivity index (χ0v) is 16.2. The maximum atomic E-state index is 13.0. The van der Waals surface area contributed by atoms with Gasteiger partial charge in [-0.3, -0.25) is 4.99 Å². The van der Waals surface area contributed by atoms with E-state index in [0.29, 0.717) is 30.5 Å². The highest BCUT2D eigenvalue weighted by Crippen LogP contribution is 2.32. The maximum Gasteiger partial charge on any atom is 0.416 e. The number of aromatic nitrogens is 1. The van der Waals surface area contributed by atoms with Gasteiger partial charge in [0.2, 0.25) is 5.89 Å². The van der Waals surface area contributed by atoms with Gasteiger partial charge in [0.1, 0.15) is 5.76 Å². The van der Waals surface area contributed by atoms with Crippen molar-refractivity contribution in [1.82, 2.24) is 15.6 Å². The number of hydrogen-bond acceptors (Lipinski definition) is 3. The van der Waals surface area contributed by atoms with E-state index >= 15 is 0 Å². The number of aliphatic imine (C=N–C) groups is 1. The summed E-state index contributed by atoms with van der Waals surface area (Å²) in [6.07, 6.45) is -4.36. The van der Waals surface area contributed by atoms with Crippen LogP contribution in [-0.2, 0) is 18.1 Å². The predicted octanol–water partition coefficient (Wildman–Crippen LogP) is 3.95. The van der Waals surface area contributed by atoms with Gasteiger partial charge in [0.05, 0.1) is 17.8 Å². The molecule has 1 heterocycles. The number of benzene rings is 1. The smallest absolute Gasteiger partial charge is 0.416 e. The highest BCUT2D eigenvalue weighted by atomic mass is 19.4. The maximum absolute atomic E-state index is 13.0. The number of guanidine groups is 1. The largest absolute Gasteiger partial charge is 0.444 e. The molecule has 0 bridgehead atoms. The molecular formula is C19H25F3N4O. The Bertz CT molecular complexity index is 790. The van der Waals surface area contributed by atoms with Crippen molar-refractivity contribution in [2.45, 2.75) is 45.8 Å². The number of hydrogen-bond donors (Lipinski definition) is 2. The van der Waals surface area contributed by atoms with Crippen LogP contribution < -0.4 is 10.6 Å². The second kappa shape index (κ2) is 8.02. The van der Waals surface area contributed by atoms with Crippen molar-refractivity contribution in [2.24, 2.45) is 4.99 Å². The summed E-state index contributed by atoms with van der Waals surface area (Å²) < 4.78 is 44.4. The third kappa shape index (κ3) is 5.48. The second-order valence-electron chi connectivity index (χ2n) is 6.99. The van der Waals surface area contributed by atoms with Crippen molar-refractivity contribution in [3.05, 3.63) is 52.7 Å². The molecule has 8 heteroatoms. The Labute approximate surface area is 157 Å². The molecule has 27 heavy (non-hydrogen) atoms. The molecule has 0 aliphatic heterocycles. The fraction of sp³-hybridized carbons (Fsp3) is 0.474. The van der Waals surface area contributed by atoms with Crippen molar-refractivity contribution < 1.29 is 17.6 Å². The van der Waals surface area contributed by atoms with Crippen LogP contribution in [-0.4, -0.2) is 24.5 Å². The summed E-state index contributed by atoms with van der Waals surface area (Å²) in [5.41, 5.74) is 0.250. The molecular weight excluding hydrogens is 357 g/mol. The van der Waals surface area contributed by atoms with Crippen LogP contribution in [0.4, 0.5) is 13.2 Å². The van der Waals surface area contributed by atoms with E-state index in [0.717, 1.165) is 17.5 Å². The Kier molecular flexibility index (Phi) is 6.18. The zero-order chi connectivity index (χ0) is 20.2. The highest BCUT2D eigenvalue weighted by Gasteiger charge is 2.32. The van der Waals surface area contributed by atoms with Gasteiger partial charge in [-0.1, -0.05) is 32.0 Å². The van der Waals surface area contributed by atoms with Crippen molar-refractivity contribution in [3.63, 3.8) is 0 Å². The Hall–Kier alpha value is -2.51. The lowest BCUT2D eigenvalue weighted by Gasteiger charge is -2.27. The molecule has 2 N–H and O–H groups in total. The lowest BCUT2D eigenvalue weighted by molar-refractivity contribution is -0.137. The molecule has 0 aliphatic carbocycles. The van der Waals surface area contributed by atoms with E-state index < -0.39 is 17.2 Å². The molecule has 1 aromatic carbocycles. The van der Waals surface area contributed by atoms with Crippen LogP contribution in [0.5, 0.6) is 0 Å². The van der Waals surface area contributed by atoms with Crippen molar-refractivity contribution >= 4 is 5.96 Å². The first-order valence-corrected chi connectivity index (χ1v) is 8.58. The van der Waals surface area contributed by atoms with E-state index in [4.69, 9.17) is 4.42 Å². The number of oxazole rings is 1. The molecule has 148 valence electrons. The van der Waals surface area contributed by atoms with Gasteiger partial charge in [-0.15, -0.1) is 0 Å². The van der Waals surface area contributed by atoms with E-state index in [9.17, 15) is 13.2 Å². The second-order valence-corrected chi connectivity index (χ2v) is 6.99. The minimum Gasteiger partial charge on any atom is -0.444 e. The number of halogens is 3. The zero-order valence-electron chi connectivity index (χ0n) is 16.2. The number of nitrogens with one attached hydrogen (secondary N) is 2. The SMILES string of the molecule is CN=C(NCc1nc(C)c(C)o1)NCC(C)(C)c1cccc(C(F)(F)F)c1. The van der Waals surface area contributed by atoms with E-state index in [-0.39, 0.29) is 0 Å².